The van der Waals surface area contributed by atoms with E-state index in [2.05, 4.69) is 25.6 Å². The van der Waals surface area contributed by atoms with E-state index >= 15 is 0 Å². The van der Waals surface area contributed by atoms with Gasteiger partial charge in [0.15, 0.2) is 5.13 Å². The van der Waals surface area contributed by atoms with Crippen molar-refractivity contribution in [2.45, 2.75) is 30.6 Å². The first-order valence-electron chi connectivity index (χ1n) is 6.42. The number of anilines is 1. The maximum atomic E-state index is 12.4. The molecule has 1 aliphatic carbocycles. The number of nitrogens with one attached hydrogen (secondary N) is 1. The zero-order valence-corrected chi connectivity index (χ0v) is 14.9. The monoisotopic (exact) mass is 406 g/mol. The molecule has 0 unspecified atom stereocenters. The Labute approximate surface area is 140 Å². The summed E-state index contributed by atoms with van der Waals surface area (Å²) in [7, 11) is -3.72. The second-order valence-electron chi connectivity index (χ2n) is 4.78. The van der Waals surface area contributed by atoms with E-state index in [9.17, 15) is 8.42 Å². The smallest absolute Gasteiger partial charge is 0.255 e. The maximum absolute atomic E-state index is 12.4. The molecule has 1 aromatic heterocycles. The largest absolute Gasteiger partial charge is 0.265 e. The first kappa shape index (κ1) is 15.3. The molecule has 8 heteroatoms. The highest BCUT2D eigenvalue weighted by Gasteiger charge is 2.22. The summed E-state index contributed by atoms with van der Waals surface area (Å²) in [5.74, 6) is 0. The van der Waals surface area contributed by atoms with Crippen molar-refractivity contribution in [1.29, 1.82) is 0 Å². The van der Waals surface area contributed by atoms with E-state index in [0.29, 0.717) is 5.13 Å². The van der Waals surface area contributed by atoms with Gasteiger partial charge in [-0.1, -0.05) is 27.5 Å². The third-order valence-electron chi connectivity index (χ3n) is 3.25. The Bertz CT molecular complexity index is 766. The molecule has 2 aromatic rings. The van der Waals surface area contributed by atoms with Gasteiger partial charge < -0.3 is 0 Å². The average molecular weight is 408 g/mol. The lowest BCUT2D eigenvalue weighted by atomic mass is 10.0. The van der Waals surface area contributed by atoms with Gasteiger partial charge in [0.05, 0.1) is 10.7 Å². The summed E-state index contributed by atoms with van der Waals surface area (Å²) in [5, 5.41) is 0.596. The highest BCUT2D eigenvalue weighted by atomic mass is 79.9. The molecule has 1 heterocycles. The summed E-state index contributed by atoms with van der Waals surface area (Å²) >= 11 is 10.7. The quantitative estimate of drug-likeness (QED) is 0.828. The molecule has 0 saturated heterocycles. The van der Waals surface area contributed by atoms with Crippen LogP contribution < -0.4 is 4.72 Å². The Morgan fingerprint density at radius 2 is 2.05 bits per heavy atom. The van der Waals surface area contributed by atoms with Crippen LogP contribution in [0.4, 0.5) is 5.13 Å². The van der Waals surface area contributed by atoms with E-state index in [1.165, 1.54) is 22.3 Å². The minimum Gasteiger partial charge on any atom is -0.255 e. The number of hydrogen-bond donors (Lipinski definition) is 1. The predicted molar refractivity (Wildman–Crippen MR) is 88.7 cm³/mol. The molecule has 3 rings (SSSR count). The molecule has 1 N–H and O–H groups in total. The third kappa shape index (κ3) is 3.26. The van der Waals surface area contributed by atoms with E-state index in [1.54, 1.807) is 12.1 Å². The van der Waals surface area contributed by atoms with Crippen LogP contribution in [-0.4, -0.2) is 13.4 Å². The van der Waals surface area contributed by atoms with Crippen molar-refractivity contribution in [2.75, 3.05) is 4.72 Å². The molecule has 21 heavy (non-hydrogen) atoms. The molecular formula is C13H12BrClN2O2S2. The van der Waals surface area contributed by atoms with Crippen molar-refractivity contribution in [1.82, 2.24) is 4.98 Å². The molecule has 1 aliphatic rings. The van der Waals surface area contributed by atoms with Gasteiger partial charge in [0.25, 0.3) is 10.0 Å². The van der Waals surface area contributed by atoms with Gasteiger partial charge in [0.1, 0.15) is 4.90 Å². The number of hydrogen-bond acceptors (Lipinski definition) is 4. The van der Waals surface area contributed by atoms with Gasteiger partial charge in [-0.15, -0.1) is 11.3 Å². The zero-order chi connectivity index (χ0) is 15.0. The fourth-order valence-corrected chi connectivity index (χ4v) is 5.58. The number of nitrogens with zero attached hydrogens (tertiary/aromatic N) is 1. The van der Waals surface area contributed by atoms with Gasteiger partial charge in [-0.2, -0.15) is 0 Å². The van der Waals surface area contributed by atoms with Gasteiger partial charge in [0.2, 0.25) is 0 Å². The number of sulfonamides is 1. The minimum absolute atomic E-state index is 0.0561. The molecule has 112 valence electrons. The number of aryl methyl sites for hydroxylation is 2. The maximum Gasteiger partial charge on any atom is 0.265 e. The highest BCUT2D eigenvalue weighted by Crippen LogP contribution is 2.32. The van der Waals surface area contributed by atoms with E-state index in [-0.39, 0.29) is 9.92 Å². The molecular weight excluding hydrogens is 396 g/mol. The second kappa shape index (κ2) is 5.87. The molecule has 0 amide bonds. The number of halogens is 2. The predicted octanol–water partition coefficient (Wildman–Crippen LogP) is 4.24. The van der Waals surface area contributed by atoms with Crippen molar-refractivity contribution in [3.05, 3.63) is 38.3 Å². The topological polar surface area (TPSA) is 59.1 Å². The van der Waals surface area contributed by atoms with Crippen molar-refractivity contribution in [3.63, 3.8) is 0 Å². The Kier molecular flexibility index (Phi) is 4.27. The van der Waals surface area contributed by atoms with Gasteiger partial charge >= 0.3 is 0 Å². The number of aromatic nitrogens is 1. The van der Waals surface area contributed by atoms with Gasteiger partial charge in [-0.05, 0) is 43.9 Å². The Morgan fingerprint density at radius 1 is 1.29 bits per heavy atom. The van der Waals surface area contributed by atoms with Crippen LogP contribution in [0, 0.1) is 0 Å². The normalized spacial score (nSPS) is 14.8. The van der Waals surface area contributed by atoms with E-state index in [4.69, 9.17) is 11.6 Å². The van der Waals surface area contributed by atoms with Crippen molar-refractivity contribution in [3.8, 4) is 0 Å². The molecule has 4 nitrogen and oxygen atoms in total. The first-order chi connectivity index (χ1) is 9.95. The summed E-state index contributed by atoms with van der Waals surface area (Å²) in [4.78, 5) is 5.62. The van der Waals surface area contributed by atoms with E-state index in [1.807, 2.05) is 0 Å². The van der Waals surface area contributed by atoms with Gasteiger partial charge in [-0.3, -0.25) is 4.72 Å². The number of rotatable bonds is 3. The van der Waals surface area contributed by atoms with Crippen LogP contribution in [0.1, 0.15) is 23.4 Å². The van der Waals surface area contributed by atoms with Crippen molar-refractivity contribution in [2.24, 2.45) is 0 Å². The average Bonchev–Trinajstić information content (AvgIpc) is 2.79. The summed E-state index contributed by atoms with van der Waals surface area (Å²) in [6, 6.07) is 4.68. The lowest BCUT2D eigenvalue weighted by molar-refractivity contribution is 0.601. The minimum atomic E-state index is -3.72. The molecule has 0 radical (unpaired) electrons. The van der Waals surface area contributed by atoms with Crippen LogP contribution in [0.25, 0.3) is 0 Å². The lowest BCUT2D eigenvalue weighted by Gasteiger charge is -2.07. The summed E-state index contributed by atoms with van der Waals surface area (Å²) in [6.07, 6.45) is 4.15. The van der Waals surface area contributed by atoms with Crippen LogP contribution in [0.15, 0.2) is 27.6 Å². The van der Waals surface area contributed by atoms with E-state index < -0.39 is 10.0 Å². The fraction of sp³-hybridized carbons (Fsp3) is 0.308. The SMILES string of the molecule is O=S(=O)(Nc1nc2c(s1)CCCC2)c1ccc(Br)cc1Cl. The molecule has 0 aliphatic heterocycles. The summed E-state index contributed by atoms with van der Waals surface area (Å²) in [6.45, 7) is 0. The summed E-state index contributed by atoms with van der Waals surface area (Å²) in [5.41, 5.74) is 1.02. The summed E-state index contributed by atoms with van der Waals surface area (Å²) < 4.78 is 28.1. The van der Waals surface area contributed by atoms with Crippen LogP contribution in [0.3, 0.4) is 0 Å². The van der Waals surface area contributed by atoms with Crippen LogP contribution in [0.2, 0.25) is 5.02 Å². The molecule has 0 atom stereocenters. The molecule has 1 aromatic carbocycles. The fourth-order valence-electron chi connectivity index (χ4n) is 2.26. The van der Waals surface area contributed by atoms with E-state index in [0.717, 1.165) is 35.8 Å². The number of benzene rings is 1. The van der Waals surface area contributed by atoms with Crippen LogP contribution in [0.5, 0.6) is 0 Å². The standard InChI is InChI=1S/C13H12BrClN2O2S2/c14-8-5-6-12(9(15)7-8)21(18,19)17-13-16-10-3-1-2-4-11(10)20-13/h5-7H,1-4H2,(H,16,17). The van der Waals surface area contributed by atoms with Crippen molar-refractivity contribution < 1.29 is 8.42 Å². The zero-order valence-electron chi connectivity index (χ0n) is 10.9. The molecule has 0 saturated carbocycles. The lowest BCUT2D eigenvalue weighted by Crippen LogP contribution is -2.13. The molecule has 0 spiro atoms. The Morgan fingerprint density at radius 3 is 2.76 bits per heavy atom. The molecule has 0 bridgehead atoms. The van der Waals surface area contributed by atoms with Crippen LogP contribution >= 0.6 is 38.9 Å². The van der Waals surface area contributed by atoms with Gasteiger partial charge in [0, 0.05) is 9.35 Å². The third-order valence-corrected chi connectivity index (χ3v) is 6.77. The molecule has 0 fully saturated rings. The van der Waals surface area contributed by atoms with Gasteiger partial charge in [-0.25, -0.2) is 13.4 Å². The highest BCUT2D eigenvalue weighted by molar-refractivity contribution is 9.10. The number of thiazole rings is 1. The Balaban J connectivity index is 1.90. The second-order valence-corrected chi connectivity index (χ2v) is 8.83. The van der Waals surface area contributed by atoms with Crippen molar-refractivity contribution >= 4 is 54.0 Å². The van der Waals surface area contributed by atoms with Crippen LogP contribution in [-0.2, 0) is 22.9 Å². The Hall–Kier alpha value is -0.630. The number of fused-ring (bicyclic) bond motifs is 1. The first-order valence-corrected chi connectivity index (χ1v) is 9.89.